The van der Waals surface area contributed by atoms with E-state index in [1.54, 1.807) is 0 Å². The molecule has 0 radical (unpaired) electrons. The molecular weight excluding hydrogens is 412 g/mol. The molecule has 0 bridgehead atoms. The SMILES string of the molecule is Cc1ccc(Cl)cc1-n1c(C)cc([C@@H]2[C@H](c3ccccn3)N=C3S[C@@H](C)CN32)c1C. The van der Waals surface area contributed by atoms with Crippen LogP contribution in [-0.2, 0) is 0 Å². The van der Waals surface area contributed by atoms with E-state index in [-0.39, 0.29) is 12.1 Å². The number of amidine groups is 1. The van der Waals surface area contributed by atoms with Crippen LogP contribution in [0.3, 0.4) is 0 Å². The third kappa shape index (κ3) is 3.15. The Morgan fingerprint density at radius 3 is 2.70 bits per heavy atom. The Kier molecular flexibility index (Phi) is 4.91. The van der Waals surface area contributed by atoms with Crippen LogP contribution < -0.4 is 0 Å². The van der Waals surface area contributed by atoms with Crippen molar-refractivity contribution < 1.29 is 0 Å². The first kappa shape index (κ1) is 19.7. The number of halogens is 1. The van der Waals surface area contributed by atoms with Crippen LogP contribution in [0, 0.1) is 20.8 Å². The molecule has 0 unspecified atom stereocenters. The predicted molar refractivity (Wildman–Crippen MR) is 126 cm³/mol. The van der Waals surface area contributed by atoms with Crippen LogP contribution in [0.2, 0.25) is 5.02 Å². The quantitative estimate of drug-likeness (QED) is 0.501. The smallest absolute Gasteiger partial charge is 0.160 e. The molecule has 1 saturated heterocycles. The maximum Gasteiger partial charge on any atom is 0.160 e. The zero-order valence-corrected chi connectivity index (χ0v) is 19.2. The maximum absolute atomic E-state index is 6.35. The second kappa shape index (κ2) is 7.47. The third-order valence-corrected chi connectivity index (χ3v) is 7.42. The number of nitrogens with zero attached hydrogens (tertiary/aromatic N) is 4. The molecule has 3 aromatic rings. The summed E-state index contributed by atoms with van der Waals surface area (Å²) in [6, 6.07) is 14.7. The molecule has 0 spiro atoms. The minimum Gasteiger partial charge on any atom is -0.341 e. The highest BCUT2D eigenvalue weighted by Gasteiger charge is 2.44. The zero-order valence-electron chi connectivity index (χ0n) is 17.6. The topological polar surface area (TPSA) is 33.4 Å². The van der Waals surface area contributed by atoms with E-state index in [0.717, 1.165) is 28.1 Å². The molecule has 4 heterocycles. The van der Waals surface area contributed by atoms with Gasteiger partial charge >= 0.3 is 0 Å². The van der Waals surface area contributed by atoms with Crippen LogP contribution in [0.1, 0.15) is 47.2 Å². The minimum absolute atomic E-state index is 0.00982. The van der Waals surface area contributed by atoms with Crippen LogP contribution in [0.25, 0.3) is 5.69 Å². The summed E-state index contributed by atoms with van der Waals surface area (Å²) in [6.07, 6.45) is 1.87. The van der Waals surface area contributed by atoms with Crippen molar-refractivity contribution in [3.63, 3.8) is 0 Å². The van der Waals surface area contributed by atoms with Gasteiger partial charge in [-0.2, -0.15) is 0 Å². The average Bonchev–Trinajstić information content (AvgIpc) is 3.34. The summed E-state index contributed by atoms with van der Waals surface area (Å²) in [6.45, 7) is 9.80. The Morgan fingerprint density at radius 2 is 1.93 bits per heavy atom. The lowest BCUT2D eigenvalue weighted by molar-refractivity contribution is 0.320. The van der Waals surface area contributed by atoms with Gasteiger partial charge in [-0.3, -0.25) is 9.98 Å². The summed E-state index contributed by atoms with van der Waals surface area (Å²) in [5.41, 5.74) is 7.15. The van der Waals surface area contributed by atoms with Gasteiger partial charge < -0.3 is 9.47 Å². The standard InChI is InChI=1S/C24H25ClN4S/c1-14-8-9-18(25)12-21(14)29-15(2)11-19(17(29)4)23-22(20-7-5-6-10-26-20)27-24-28(23)13-16(3)30-24/h5-12,16,22-23H,13H2,1-4H3/t16-,22-,23+/m0/s1. The van der Waals surface area contributed by atoms with Crippen molar-refractivity contribution >= 4 is 28.5 Å². The van der Waals surface area contributed by atoms with Crippen molar-refractivity contribution in [2.24, 2.45) is 4.99 Å². The fourth-order valence-electron chi connectivity index (χ4n) is 4.74. The van der Waals surface area contributed by atoms with Crippen molar-refractivity contribution in [2.75, 3.05) is 6.54 Å². The summed E-state index contributed by atoms with van der Waals surface area (Å²) in [5, 5.41) is 2.45. The first-order valence-corrected chi connectivity index (χ1v) is 11.6. The number of hydrogen-bond donors (Lipinski definition) is 0. The maximum atomic E-state index is 6.35. The van der Waals surface area contributed by atoms with Gasteiger partial charge in [0.05, 0.1) is 11.7 Å². The first-order chi connectivity index (χ1) is 14.4. The monoisotopic (exact) mass is 436 g/mol. The molecule has 0 amide bonds. The number of benzene rings is 1. The van der Waals surface area contributed by atoms with Gasteiger partial charge in [0.1, 0.15) is 6.04 Å². The Labute approximate surface area is 187 Å². The predicted octanol–water partition coefficient (Wildman–Crippen LogP) is 6.04. The molecule has 3 atom stereocenters. The molecule has 6 heteroatoms. The Hall–Kier alpha value is -2.24. The summed E-state index contributed by atoms with van der Waals surface area (Å²) in [5.74, 6) is 0. The molecule has 1 fully saturated rings. The number of rotatable bonds is 3. The molecule has 154 valence electrons. The summed E-state index contributed by atoms with van der Waals surface area (Å²) >= 11 is 8.22. The van der Waals surface area contributed by atoms with Crippen molar-refractivity contribution in [3.05, 3.63) is 81.9 Å². The fourth-order valence-corrected chi connectivity index (χ4v) is 5.99. The number of aromatic nitrogens is 2. The Bertz CT molecular complexity index is 1140. The molecule has 1 aromatic carbocycles. The highest BCUT2D eigenvalue weighted by Crippen LogP contribution is 2.49. The van der Waals surface area contributed by atoms with Gasteiger partial charge in [0.25, 0.3) is 0 Å². The lowest BCUT2D eigenvalue weighted by Crippen LogP contribution is -2.28. The molecule has 0 aliphatic carbocycles. The first-order valence-electron chi connectivity index (χ1n) is 10.3. The molecule has 4 nitrogen and oxygen atoms in total. The zero-order chi connectivity index (χ0) is 21.0. The Balaban J connectivity index is 1.64. The van der Waals surface area contributed by atoms with Gasteiger partial charge in [-0.15, -0.1) is 0 Å². The number of hydrogen-bond acceptors (Lipinski definition) is 4. The highest BCUT2D eigenvalue weighted by atomic mass is 35.5. The molecule has 0 saturated carbocycles. The molecule has 5 rings (SSSR count). The second-order valence-corrected chi connectivity index (χ2v) is 10.1. The van der Waals surface area contributed by atoms with Gasteiger partial charge in [0, 0.05) is 40.1 Å². The molecule has 2 aliphatic heterocycles. The van der Waals surface area contributed by atoms with E-state index in [1.807, 2.05) is 30.1 Å². The molecule has 0 N–H and O–H groups in total. The molecular formula is C24H25ClN4S. The van der Waals surface area contributed by atoms with Gasteiger partial charge in [-0.1, -0.05) is 42.4 Å². The number of pyridine rings is 1. The van der Waals surface area contributed by atoms with E-state index < -0.39 is 0 Å². The van der Waals surface area contributed by atoms with Crippen LogP contribution in [0.5, 0.6) is 0 Å². The fraction of sp³-hybridized carbons (Fsp3) is 0.333. The normalized spacial score (nSPS) is 23.0. The van der Waals surface area contributed by atoms with Crippen molar-refractivity contribution in [2.45, 2.75) is 45.0 Å². The molecule has 2 aromatic heterocycles. The van der Waals surface area contributed by atoms with Crippen molar-refractivity contribution in [1.82, 2.24) is 14.5 Å². The molecule has 30 heavy (non-hydrogen) atoms. The summed E-state index contributed by atoms with van der Waals surface area (Å²) in [7, 11) is 0. The highest BCUT2D eigenvalue weighted by molar-refractivity contribution is 8.14. The number of aliphatic imine (C=N–C) groups is 1. The lowest BCUT2D eigenvalue weighted by atomic mass is 9.96. The van der Waals surface area contributed by atoms with E-state index in [1.165, 1.54) is 22.5 Å². The van der Waals surface area contributed by atoms with Gasteiger partial charge in [-0.25, -0.2) is 0 Å². The van der Waals surface area contributed by atoms with Crippen molar-refractivity contribution in [3.8, 4) is 5.69 Å². The minimum atomic E-state index is 0.00982. The van der Waals surface area contributed by atoms with Crippen LogP contribution >= 0.6 is 23.4 Å². The van der Waals surface area contributed by atoms with E-state index >= 15 is 0 Å². The van der Waals surface area contributed by atoms with E-state index in [9.17, 15) is 0 Å². The number of thioether (sulfide) groups is 1. The van der Waals surface area contributed by atoms with Gasteiger partial charge in [0.2, 0.25) is 0 Å². The van der Waals surface area contributed by atoms with E-state index in [2.05, 4.69) is 72.5 Å². The third-order valence-electron chi connectivity index (χ3n) is 6.08. The largest absolute Gasteiger partial charge is 0.341 e. The van der Waals surface area contributed by atoms with E-state index in [0.29, 0.717) is 5.25 Å². The average molecular weight is 437 g/mol. The Morgan fingerprint density at radius 1 is 1.10 bits per heavy atom. The summed E-state index contributed by atoms with van der Waals surface area (Å²) < 4.78 is 2.33. The second-order valence-electron chi connectivity index (χ2n) is 8.23. The lowest BCUT2D eigenvalue weighted by Gasteiger charge is -2.27. The van der Waals surface area contributed by atoms with Crippen LogP contribution in [-0.4, -0.2) is 31.4 Å². The number of fused-ring (bicyclic) bond motifs is 1. The van der Waals surface area contributed by atoms with Crippen molar-refractivity contribution in [1.29, 1.82) is 0 Å². The summed E-state index contributed by atoms with van der Waals surface area (Å²) in [4.78, 5) is 12.3. The number of aryl methyl sites for hydroxylation is 2. The van der Waals surface area contributed by atoms with Crippen LogP contribution in [0.15, 0.2) is 53.7 Å². The van der Waals surface area contributed by atoms with Crippen LogP contribution in [0.4, 0.5) is 0 Å². The van der Waals surface area contributed by atoms with E-state index in [4.69, 9.17) is 16.6 Å². The molecule has 2 aliphatic rings. The van der Waals surface area contributed by atoms with Gasteiger partial charge in [0.15, 0.2) is 5.17 Å². The van der Waals surface area contributed by atoms with Gasteiger partial charge in [-0.05, 0) is 62.2 Å².